The van der Waals surface area contributed by atoms with E-state index in [9.17, 15) is 13.6 Å². The predicted molar refractivity (Wildman–Crippen MR) is 125 cm³/mol. The largest absolute Gasteiger partial charge is 0.434 e. The molecule has 35 heavy (non-hydrogen) atoms. The molecule has 3 aromatic heterocycles. The molecule has 0 spiro atoms. The monoisotopic (exact) mass is 474 g/mol. The molecule has 0 atom stereocenters. The van der Waals surface area contributed by atoms with Crippen LogP contribution in [0.4, 0.5) is 8.78 Å². The summed E-state index contributed by atoms with van der Waals surface area (Å²) in [5.74, 6) is -0.251. The highest BCUT2D eigenvalue weighted by atomic mass is 19.3. The molecule has 1 N–H and O–H groups in total. The molecule has 0 aliphatic rings. The minimum Gasteiger partial charge on any atom is -0.434 e. The lowest BCUT2D eigenvalue weighted by atomic mass is 10.0. The molecule has 0 fully saturated rings. The van der Waals surface area contributed by atoms with E-state index in [-0.39, 0.29) is 17.4 Å². The number of pyridine rings is 1. The molecular weight excluding hydrogens is 454 g/mol. The Morgan fingerprint density at radius 3 is 2.71 bits per heavy atom. The van der Waals surface area contributed by atoms with Gasteiger partial charge >= 0.3 is 6.61 Å². The lowest BCUT2D eigenvalue weighted by molar-refractivity contribution is -0.0494. The molecule has 0 saturated carbocycles. The third-order valence-corrected chi connectivity index (χ3v) is 5.54. The van der Waals surface area contributed by atoms with Crippen LogP contribution in [0.25, 0.3) is 27.8 Å². The van der Waals surface area contributed by atoms with E-state index < -0.39 is 6.61 Å². The highest BCUT2D eigenvalue weighted by Gasteiger charge is 2.20. The molecule has 0 aliphatic carbocycles. The summed E-state index contributed by atoms with van der Waals surface area (Å²) in [6, 6.07) is 15.9. The third-order valence-electron chi connectivity index (χ3n) is 5.54. The first-order chi connectivity index (χ1) is 17.0. The predicted octanol–water partition coefficient (Wildman–Crippen LogP) is 4.68. The summed E-state index contributed by atoms with van der Waals surface area (Å²) in [4.78, 5) is 23.1. The number of H-pyrrole nitrogens is 1. The molecule has 0 aliphatic heterocycles. The van der Waals surface area contributed by atoms with Crippen LogP contribution in [0.3, 0.4) is 0 Å². The van der Waals surface area contributed by atoms with E-state index in [1.165, 1.54) is 12.3 Å². The second-order valence-electron chi connectivity index (χ2n) is 7.87. The van der Waals surface area contributed by atoms with Gasteiger partial charge in [0, 0.05) is 49.0 Å². The molecule has 0 bridgehead atoms. The summed E-state index contributed by atoms with van der Waals surface area (Å²) in [6.45, 7) is -2.58. The average molecular weight is 474 g/mol. The quantitative estimate of drug-likeness (QED) is 0.370. The van der Waals surface area contributed by atoms with E-state index in [0.29, 0.717) is 28.7 Å². The van der Waals surface area contributed by atoms with E-state index in [1.54, 1.807) is 48.7 Å². The Hall–Kier alpha value is -4.60. The van der Waals surface area contributed by atoms with Crippen molar-refractivity contribution in [3.8, 4) is 22.6 Å². The molecule has 3 heterocycles. The Bertz CT molecular complexity index is 1470. The fourth-order valence-corrected chi connectivity index (χ4v) is 3.84. The van der Waals surface area contributed by atoms with Crippen molar-refractivity contribution in [2.24, 2.45) is 0 Å². The summed E-state index contributed by atoms with van der Waals surface area (Å²) in [5, 5.41) is 7.39. The summed E-state index contributed by atoms with van der Waals surface area (Å²) < 4.78 is 32.2. The number of amides is 1. The molecule has 2 aromatic carbocycles. The number of aromatic amines is 1. The molecular formula is C25H20F2N6O2. The number of nitrogens with one attached hydrogen (secondary N) is 1. The van der Waals surface area contributed by atoms with Crippen molar-refractivity contribution in [1.29, 1.82) is 0 Å². The molecule has 5 rings (SSSR count). The standard InChI is InChI=1S/C25H20F2N6O2/c1-32(14-16-6-8-18(9-7-16)33-11-10-28-15-33)24(34)22-20-12-17(13-29-23(20)31-30-22)19-4-2-3-5-21(19)35-25(26)27/h2-13,15,25H,14H2,1H3,(H,29,30,31). The van der Waals surface area contributed by atoms with Gasteiger partial charge in [-0.3, -0.25) is 9.89 Å². The molecule has 176 valence electrons. The van der Waals surface area contributed by atoms with Crippen molar-refractivity contribution in [2.75, 3.05) is 7.05 Å². The van der Waals surface area contributed by atoms with Crippen LogP contribution in [0, 0.1) is 0 Å². The molecule has 0 radical (unpaired) electrons. The summed E-state index contributed by atoms with van der Waals surface area (Å²) in [5.41, 5.74) is 3.50. The Balaban J connectivity index is 1.39. The maximum Gasteiger partial charge on any atom is 0.387 e. The smallest absolute Gasteiger partial charge is 0.387 e. The number of nitrogens with zero attached hydrogens (tertiary/aromatic N) is 5. The van der Waals surface area contributed by atoms with Gasteiger partial charge in [0.2, 0.25) is 0 Å². The number of carbonyl (C=O) groups is 1. The highest BCUT2D eigenvalue weighted by molar-refractivity contribution is 6.04. The van der Waals surface area contributed by atoms with Crippen molar-refractivity contribution < 1.29 is 18.3 Å². The Labute approximate surface area is 198 Å². The number of fused-ring (bicyclic) bond motifs is 1. The maximum atomic E-state index is 13.2. The average Bonchev–Trinajstić information content (AvgIpc) is 3.54. The zero-order chi connectivity index (χ0) is 24.4. The van der Waals surface area contributed by atoms with E-state index in [2.05, 4.69) is 24.9 Å². The van der Waals surface area contributed by atoms with Gasteiger partial charge in [0.25, 0.3) is 5.91 Å². The lowest BCUT2D eigenvalue weighted by Crippen LogP contribution is -2.26. The number of benzene rings is 2. The Kier molecular flexibility index (Phi) is 5.92. The Morgan fingerprint density at radius 2 is 1.97 bits per heavy atom. The van der Waals surface area contributed by atoms with Gasteiger partial charge in [-0.05, 0) is 29.8 Å². The number of hydrogen-bond acceptors (Lipinski definition) is 5. The first-order valence-corrected chi connectivity index (χ1v) is 10.7. The summed E-state index contributed by atoms with van der Waals surface area (Å²) in [6.07, 6.45) is 6.79. The zero-order valence-electron chi connectivity index (χ0n) is 18.6. The Morgan fingerprint density at radius 1 is 1.17 bits per heavy atom. The number of alkyl halides is 2. The van der Waals surface area contributed by atoms with Crippen LogP contribution in [0.1, 0.15) is 16.1 Å². The van der Waals surface area contributed by atoms with Gasteiger partial charge in [-0.25, -0.2) is 9.97 Å². The van der Waals surface area contributed by atoms with Crippen LogP contribution < -0.4 is 4.74 Å². The summed E-state index contributed by atoms with van der Waals surface area (Å²) in [7, 11) is 1.70. The second-order valence-corrected chi connectivity index (χ2v) is 7.87. The SMILES string of the molecule is CN(Cc1ccc(-n2ccnc2)cc1)C(=O)c1[nH]nc2ncc(-c3ccccc3OC(F)F)cc12. The van der Waals surface area contributed by atoms with Crippen LogP contribution >= 0.6 is 0 Å². The first-order valence-electron chi connectivity index (χ1n) is 10.7. The first kappa shape index (κ1) is 22.2. The minimum atomic E-state index is -2.96. The lowest BCUT2D eigenvalue weighted by Gasteiger charge is -2.17. The van der Waals surface area contributed by atoms with Crippen molar-refractivity contribution in [1.82, 2.24) is 29.6 Å². The van der Waals surface area contributed by atoms with E-state index in [1.807, 2.05) is 35.0 Å². The van der Waals surface area contributed by atoms with E-state index >= 15 is 0 Å². The van der Waals surface area contributed by atoms with Crippen molar-refractivity contribution in [3.63, 3.8) is 0 Å². The molecule has 1 amide bonds. The maximum absolute atomic E-state index is 13.2. The topological polar surface area (TPSA) is 88.9 Å². The normalized spacial score (nSPS) is 11.2. The van der Waals surface area contributed by atoms with Gasteiger partial charge in [0.15, 0.2) is 5.65 Å². The van der Waals surface area contributed by atoms with Crippen LogP contribution in [0.15, 0.2) is 79.5 Å². The molecule has 10 heteroatoms. The van der Waals surface area contributed by atoms with Crippen molar-refractivity contribution >= 4 is 16.9 Å². The van der Waals surface area contributed by atoms with Crippen LogP contribution in [0.2, 0.25) is 0 Å². The minimum absolute atomic E-state index is 0.0243. The zero-order valence-corrected chi connectivity index (χ0v) is 18.6. The number of rotatable bonds is 7. The number of aromatic nitrogens is 5. The van der Waals surface area contributed by atoms with Gasteiger partial charge in [-0.1, -0.05) is 30.3 Å². The second kappa shape index (κ2) is 9.34. The number of halogens is 2. The highest BCUT2D eigenvalue weighted by Crippen LogP contribution is 2.32. The van der Waals surface area contributed by atoms with Crippen LogP contribution in [0.5, 0.6) is 5.75 Å². The van der Waals surface area contributed by atoms with Crippen LogP contribution in [-0.2, 0) is 6.54 Å². The van der Waals surface area contributed by atoms with Gasteiger partial charge in [-0.2, -0.15) is 13.9 Å². The molecule has 8 nitrogen and oxygen atoms in total. The number of hydrogen-bond donors (Lipinski definition) is 1. The van der Waals surface area contributed by atoms with E-state index in [4.69, 9.17) is 0 Å². The van der Waals surface area contributed by atoms with Crippen molar-refractivity contribution in [2.45, 2.75) is 13.2 Å². The number of ether oxygens (including phenoxy) is 1. The number of carbonyl (C=O) groups excluding carboxylic acids is 1. The van der Waals surface area contributed by atoms with Gasteiger partial charge in [-0.15, -0.1) is 0 Å². The van der Waals surface area contributed by atoms with Gasteiger partial charge in [0.1, 0.15) is 11.4 Å². The van der Waals surface area contributed by atoms with Gasteiger partial charge < -0.3 is 14.2 Å². The molecule has 0 unspecified atom stereocenters. The van der Waals surface area contributed by atoms with Gasteiger partial charge in [0.05, 0.1) is 11.7 Å². The number of imidazole rings is 1. The third kappa shape index (κ3) is 4.58. The molecule has 0 saturated heterocycles. The van der Waals surface area contributed by atoms with Crippen molar-refractivity contribution in [3.05, 3.63) is 90.8 Å². The van der Waals surface area contributed by atoms with E-state index in [0.717, 1.165) is 11.3 Å². The number of para-hydroxylation sites is 1. The summed E-state index contributed by atoms with van der Waals surface area (Å²) >= 11 is 0. The fraction of sp³-hybridized carbons (Fsp3) is 0.120. The fourth-order valence-electron chi connectivity index (χ4n) is 3.84. The molecule has 5 aromatic rings. The van der Waals surface area contributed by atoms with Crippen LogP contribution in [-0.4, -0.2) is 49.2 Å².